The summed E-state index contributed by atoms with van der Waals surface area (Å²) < 4.78 is 47.8. The molecule has 0 heterocycles. The van der Waals surface area contributed by atoms with Gasteiger partial charge in [-0.2, -0.15) is 8.78 Å². The highest BCUT2D eigenvalue weighted by Crippen LogP contribution is 2.32. The lowest BCUT2D eigenvalue weighted by Gasteiger charge is -2.17. The van der Waals surface area contributed by atoms with Gasteiger partial charge in [-0.15, -0.1) is 0 Å². The molecule has 100 valence electrons. The summed E-state index contributed by atoms with van der Waals surface area (Å²) in [5.41, 5.74) is 5.12. The molecule has 0 aromatic heterocycles. The summed E-state index contributed by atoms with van der Waals surface area (Å²) in [5.74, 6) is -3.36. The van der Waals surface area contributed by atoms with E-state index in [4.69, 9.17) is 5.73 Å². The average molecular weight is 328 g/mol. The fourth-order valence-corrected chi connectivity index (χ4v) is 1.39. The van der Waals surface area contributed by atoms with Gasteiger partial charge in [-0.1, -0.05) is 0 Å². The zero-order chi connectivity index (χ0) is 13.9. The van der Waals surface area contributed by atoms with Crippen LogP contribution in [0.5, 0.6) is 5.75 Å². The van der Waals surface area contributed by atoms with Crippen LogP contribution in [0, 0.1) is 5.82 Å². The van der Waals surface area contributed by atoms with Crippen LogP contribution in [0.4, 0.5) is 18.9 Å². The smallest absolute Gasteiger partial charge is 0.459 e. The summed E-state index contributed by atoms with van der Waals surface area (Å²) in [6.07, 6.45) is -4.23. The molecule has 0 saturated carbocycles. The largest absolute Gasteiger partial charge is 0.502 e. The number of hydrogen-bond donors (Lipinski definition) is 1. The number of benzene rings is 1. The Morgan fingerprint density at radius 1 is 1.50 bits per heavy atom. The number of carbonyl (C=O) groups is 1. The van der Waals surface area contributed by atoms with Crippen LogP contribution in [-0.2, 0) is 9.53 Å². The van der Waals surface area contributed by atoms with Gasteiger partial charge in [0.15, 0.2) is 5.75 Å². The fourth-order valence-electron chi connectivity index (χ4n) is 1.03. The monoisotopic (exact) mass is 327 g/mol. The molecule has 0 spiro atoms. The standard InChI is InChI=1S/C10H9BrF3NO3/c1-2-17-9(16)10(13,14)18-8-4-6(12)5(11)3-7(8)15/h3-4H,2,15H2,1H3. The van der Waals surface area contributed by atoms with E-state index in [0.29, 0.717) is 6.07 Å². The Kier molecular flexibility index (Phi) is 4.44. The van der Waals surface area contributed by atoms with Crippen LogP contribution < -0.4 is 10.5 Å². The predicted octanol–water partition coefficient (Wildman–Crippen LogP) is 2.71. The van der Waals surface area contributed by atoms with E-state index in [1.165, 1.54) is 6.92 Å². The van der Waals surface area contributed by atoms with Crippen LogP contribution in [0.25, 0.3) is 0 Å². The van der Waals surface area contributed by atoms with E-state index in [-0.39, 0.29) is 16.8 Å². The molecule has 0 amide bonds. The van der Waals surface area contributed by atoms with Gasteiger partial charge in [-0.3, -0.25) is 0 Å². The van der Waals surface area contributed by atoms with Gasteiger partial charge in [0.05, 0.1) is 16.8 Å². The first-order chi connectivity index (χ1) is 8.27. The Balaban J connectivity index is 2.97. The molecule has 1 aromatic rings. The maximum absolute atomic E-state index is 13.2. The number of nitrogen functional groups attached to an aromatic ring is 1. The van der Waals surface area contributed by atoms with E-state index >= 15 is 0 Å². The molecule has 1 aromatic carbocycles. The summed E-state index contributed by atoms with van der Waals surface area (Å²) in [5, 5.41) is 0. The van der Waals surface area contributed by atoms with Crippen molar-refractivity contribution in [3.05, 3.63) is 22.4 Å². The summed E-state index contributed by atoms with van der Waals surface area (Å²) in [6.45, 7) is 1.13. The summed E-state index contributed by atoms with van der Waals surface area (Å²) in [4.78, 5) is 10.9. The minimum absolute atomic E-state index is 0.00759. The first kappa shape index (κ1) is 14.6. The fraction of sp³-hybridized carbons (Fsp3) is 0.300. The molecular formula is C10H9BrF3NO3. The zero-order valence-corrected chi connectivity index (χ0v) is 10.8. The maximum Gasteiger partial charge on any atom is 0.502 e. The Bertz CT molecular complexity index is 468. The molecule has 0 unspecified atom stereocenters. The van der Waals surface area contributed by atoms with Gasteiger partial charge in [-0.05, 0) is 28.9 Å². The van der Waals surface area contributed by atoms with Crippen LogP contribution in [0.15, 0.2) is 16.6 Å². The molecule has 0 fully saturated rings. The molecular weight excluding hydrogens is 319 g/mol. The van der Waals surface area contributed by atoms with Crippen LogP contribution in [0.1, 0.15) is 6.92 Å². The second-order valence-electron chi connectivity index (χ2n) is 3.14. The number of esters is 1. The number of rotatable bonds is 4. The van der Waals surface area contributed by atoms with Crippen LogP contribution in [0.2, 0.25) is 0 Å². The van der Waals surface area contributed by atoms with Gasteiger partial charge in [0, 0.05) is 6.07 Å². The van der Waals surface area contributed by atoms with Crippen LogP contribution >= 0.6 is 15.9 Å². The Labute approximate surface area is 109 Å². The molecule has 0 aliphatic carbocycles. The summed E-state index contributed by atoms with van der Waals surface area (Å²) in [7, 11) is 0. The normalized spacial score (nSPS) is 11.2. The van der Waals surface area contributed by atoms with E-state index in [2.05, 4.69) is 25.4 Å². The molecule has 0 atom stereocenters. The van der Waals surface area contributed by atoms with E-state index < -0.39 is 23.6 Å². The lowest BCUT2D eigenvalue weighted by atomic mass is 10.3. The molecule has 0 bridgehead atoms. The third-order valence-electron chi connectivity index (χ3n) is 1.80. The lowest BCUT2D eigenvalue weighted by molar-refractivity contribution is -0.216. The first-order valence-electron chi connectivity index (χ1n) is 4.76. The number of halogens is 4. The van der Waals surface area contributed by atoms with Crippen molar-refractivity contribution in [2.75, 3.05) is 12.3 Å². The minimum Gasteiger partial charge on any atom is -0.459 e. The molecule has 8 heteroatoms. The van der Waals surface area contributed by atoms with E-state index in [1.54, 1.807) is 0 Å². The molecule has 4 nitrogen and oxygen atoms in total. The highest BCUT2D eigenvalue weighted by molar-refractivity contribution is 9.10. The summed E-state index contributed by atoms with van der Waals surface area (Å²) in [6, 6.07) is 1.69. The van der Waals surface area contributed by atoms with Gasteiger partial charge in [0.1, 0.15) is 5.82 Å². The zero-order valence-electron chi connectivity index (χ0n) is 9.18. The van der Waals surface area contributed by atoms with Crippen molar-refractivity contribution in [1.82, 2.24) is 0 Å². The van der Waals surface area contributed by atoms with Crippen LogP contribution in [0.3, 0.4) is 0 Å². The predicted molar refractivity (Wildman–Crippen MR) is 60.7 cm³/mol. The van der Waals surface area contributed by atoms with Crippen molar-refractivity contribution in [3.8, 4) is 5.75 Å². The van der Waals surface area contributed by atoms with E-state index in [0.717, 1.165) is 6.07 Å². The van der Waals surface area contributed by atoms with Crippen molar-refractivity contribution in [2.45, 2.75) is 13.0 Å². The van der Waals surface area contributed by atoms with Gasteiger partial charge in [0.25, 0.3) is 0 Å². The van der Waals surface area contributed by atoms with Gasteiger partial charge < -0.3 is 15.2 Å². The topological polar surface area (TPSA) is 61.5 Å². The average Bonchev–Trinajstić information content (AvgIpc) is 2.26. The van der Waals surface area contributed by atoms with Crippen molar-refractivity contribution in [1.29, 1.82) is 0 Å². The highest BCUT2D eigenvalue weighted by Gasteiger charge is 2.44. The molecule has 0 aliphatic heterocycles. The number of carbonyl (C=O) groups excluding carboxylic acids is 1. The van der Waals surface area contributed by atoms with Gasteiger partial charge >= 0.3 is 12.1 Å². The molecule has 0 aliphatic rings. The first-order valence-corrected chi connectivity index (χ1v) is 5.55. The quantitative estimate of drug-likeness (QED) is 0.682. The van der Waals surface area contributed by atoms with Gasteiger partial charge in [0.2, 0.25) is 0 Å². The van der Waals surface area contributed by atoms with E-state index in [1.807, 2.05) is 0 Å². The third kappa shape index (κ3) is 3.28. The molecule has 0 radical (unpaired) electrons. The second-order valence-corrected chi connectivity index (χ2v) is 4.00. The third-order valence-corrected chi connectivity index (χ3v) is 2.41. The van der Waals surface area contributed by atoms with E-state index in [9.17, 15) is 18.0 Å². The lowest BCUT2D eigenvalue weighted by Crippen LogP contribution is -2.37. The Hall–Kier alpha value is -1.44. The Morgan fingerprint density at radius 3 is 2.67 bits per heavy atom. The number of alkyl halides is 2. The number of nitrogens with two attached hydrogens (primary N) is 1. The molecule has 18 heavy (non-hydrogen) atoms. The maximum atomic E-state index is 13.2. The number of anilines is 1. The van der Waals surface area contributed by atoms with Gasteiger partial charge in [-0.25, -0.2) is 9.18 Å². The van der Waals surface area contributed by atoms with Crippen molar-refractivity contribution in [3.63, 3.8) is 0 Å². The number of hydrogen-bond acceptors (Lipinski definition) is 4. The molecule has 1 rings (SSSR count). The Morgan fingerprint density at radius 2 is 2.11 bits per heavy atom. The molecule has 0 saturated heterocycles. The van der Waals surface area contributed by atoms with Crippen molar-refractivity contribution >= 4 is 27.6 Å². The molecule has 2 N–H and O–H groups in total. The van der Waals surface area contributed by atoms with Crippen LogP contribution in [-0.4, -0.2) is 18.7 Å². The minimum atomic E-state index is -4.23. The van der Waals surface area contributed by atoms with Crippen molar-refractivity contribution in [2.24, 2.45) is 0 Å². The summed E-state index contributed by atoms with van der Waals surface area (Å²) >= 11 is 2.82. The highest BCUT2D eigenvalue weighted by atomic mass is 79.9. The SMILES string of the molecule is CCOC(=O)C(F)(F)Oc1cc(F)c(Br)cc1N. The second kappa shape index (κ2) is 5.47. The number of ether oxygens (including phenoxy) is 2. The van der Waals surface area contributed by atoms with Crippen molar-refractivity contribution < 1.29 is 27.4 Å².